The standard InChI is InChI=1S/C14H7Cl2NO3/c15-9-4-1-3-8(12(9)16)7-10-14(18)20-13(17-10)11-5-2-6-19-11/h1-7H. The number of furan rings is 1. The minimum absolute atomic E-state index is 0.129. The van der Waals surface area contributed by atoms with Gasteiger partial charge in [0.05, 0.1) is 16.3 Å². The van der Waals surface area contributed by atoms with E-state index in [1.54, 1.807) is 30.3 Å². The largest absolute Gasteiger partial charge is 0.459 e. The van der Waals surface area contributed by atoms with E-state index in [4.69, 9.17) is 32.4 Å². The highest BCUT2D eigenvalue weighted by Gasteiger charge is 2.26. The van der Waals surface area contributed by atoms with Crippen molar-refractivity contribution in [1.29, 1.82) is 0 Å². The number of ether oxygens (including phenoxy) is 1. The van der Waals surface area contributed by atoms with Crippen molar-refractivity contribution < 1.29 is 13.9 Å². The lowest BCUT2D eigenvalue weighted by molar-refractivity contribution is -0.130. The SMILES string of the molecule is O=C1OC(c2ccco2)=NC1=Cc1cccc(Cl)c1Cl. The lowest BCUT2D eigenvalue weighted by Crippen LogP contribution is -2.04. The van der Waals surface area contributed by atoms with Crippen LogP contribution in [0.3, 0.4) is 0 Å². The first-order valence-electron chi connectivity index (χ1n) is 5.65. The summed E-state index contributed by atoms with van der Waals surface area (Å²) in [6.45, 7) is 0. The fraction of sp³-hybridized carbons (Fsp3) is 0. The van der Waals surface area contributed by atoms with Crippen LogP contribution in [0.2, 0.25) is 10.0 Å². The van der Waals surface area contributed by atoms with Crippen LogP contribution in [-0.2, 0) is 9.53 Å². The van der Waals surface area contributed by atoms with Crippen molar-refractivity contribution in [3.05, 3.63) is 63.7 Å². The molecule has 0 amide bonds. The third kappa shape index (κ3) is 2.35. The molecule has 4 nitrogen and oxygen atoms in total. The van der Waals surface area contributed by atoms with Gasteiger partial charge in [-0.05, 0) is 29.8 Å². The zero-order chi connectivity index (χ0) is 14.1. The molecule has 0 N–H and O–H groups in total. The van der Waals surface area contributed by atoms with Crippen LogP contribution in [0, 0.1) is 0 Å². The average Bonchev–Trinajstić information content (AvgIpc) is 3.05. The van der Waals surface area contributed by atoms with Crippen LogP contribution < -0.4 is 0 Å². The van der Waals surface area contributed by atoms with Gasteiger partial charge in [0.25, 0.3) is 5.90 Å². The quantitative estimate of drug-likeness (QED) is 0.624. The molecule has 0 unspecified atom stereocenters. The Morgan fingerprint density at radius 3 is 2.75 bits per heavy atom. The summed E-state index contributed by atoms with van der Waals surface area (Å²) in [4.78, 5) is 15.8. The van der Waals surface area contributed by atoms with Crippen LogP contribution in [-0.4, -0.2) is 11.9 Å². The zero-order valence-electron chi connectivity index (χ0n) is 9.97. The molecule has 0 atom stereocenters. The molecule has 0 spiro atoms. The van der Waals surface area contributed by atoms with E-state index in [2.05, 4.69) is 4.99 Å². The number of cyclic esters (lactones) is 1. The number of carbonyl (C=O) groups excluding carboxylic acids is 1. The van der Waals surface area contributed by atoms with Crippen LogP contribution in [0.25, 0.3) is 6.08 Å². The fourth-order valence-electron chi connectivity index (χ4n) is 1.69. The second kappa shape index (κ2) is 5.15. The Labute approximate surface area is 124 Å². The molecular weight excluding hydrogens is 301 g/mol. The van der Waals surface area contributed by atoms with Gasteiger partial charge in [-0.1, -0.05) is 35.3 Å². The topological polar surface area (TPSA) is 51.8 Å². The van der Waals surface area contributed by atoms with Gasteiger partial charge in [0.1, 0.15) is 0 Å². The van der Waals surface area contributed by atoms with Gasteiger partial charge in [-0.25, -0.2) is 9.79 Å². The van der Waals surface area contributed by atoms with Crippen LogP contribution >= 0.6 is 23.2 Å². The van der Waals surface area contributed by atoms with Crippen LogP contribution in [0.4, 0.5) is 0 Å². The molecule has 0 bridgehead atoms. The molecule has 2 heterocycles. The van der Waals surface area contributed by atoms with E-state index in [-0.39, 0.29) is 11.6 Å². The molecule has 0 saturated heterocycles. The highest BCUT2D eigenvalue weighted by Crippen LogP contribution is 2.28. The first-order chi connectivity index (χ1) is 9.65. The van der Waals surface area contributed by atoms with Crippen LogP contribution in [0.15, 0.2) is 51.7 Å². The molecule has 1 aromatic carbocycles. The lowest BCUT2D eigenvalue weighted by Gasteiger charge is -1.99. The maximum Gasteiger partial charge on any atom is 0.363 e. The summed E-state index contributed by atoms with van der Waals surface area (Å²) in [7, 11) is 0. The molecule has 0 saturated carbocycles. The number of benzene rings is 1. The summed E-state index contributed by atoms with van der Waals surface area (Å²) in [5, 5.41) is 0.763. The third-order valence-electron chi connectivity index (χ3n) is 2.63. The first-order valence-corrected chi connectivity index (χ1v) is 6.41. The van der Waals surface area contributed by atoms with Gasteiger partial charge in [0, 0.05) is 0 Å². The number of hydrogen-bond acceptors (Lipinski definition) is 4. The predicted molar refractivity (Wildman–Crippen MR) is 75.8 cm³/mol. The molecule has 0 fully saturated rings. The Hall–Kier alpha value is -2.04. The molecule has 1 aromatic heterocycles. The normalized spacial score (nSPS) is 16.4. The number of aliphatic imine (C=N–C) groups is 1. The Balaban J connectivity index is 1.99. The highest BCUT2D eigenvalue weighted by molar-refractivity contribution is 6.43. The van der Waals surface area contributed by atoms with Gasteiger partial charge in [-0.2, -0.15) is 0 Å². The minimum atomic E-state index is -0.563. The number of esters is 1. The molecule has 0 radical (unpaired) electrons. The van der Waals surface area contributed by atoms with E-state index in [0.29, 0.717) is 21.4 Å². The summed E-state index contributed by atoms with van der Waals surface area (Å²) in [5.41, 5.74) is 0.733. The molecular formula is C14H7Cl2NO3. The Kier molecular flexibility index (Phi) is 3.34. The Morgan fingerprint density at radius 1 is 1.15 bits per heavy atom. The van der Waals surface area contributed by atoms with Crippen molar-refractivity contribution in [1.82, 2.24) is 0 Å². The number of nitrogens with zero attached hydrogens (tertiary/aromatic N) is 1. The lowest BCUT2D eigenvalue weighted by atomic mass is 10.2. The monoisotopic (exact) mass is 307 g/mol. The van der Waals surface area contributed by atoms with Crippen molar-refractivity contribution in [3.8, 4) is 0 Å². The van der Waals surface area contributed by atoms with Gasteiger partial charge in [-0.3, -0.25) is 0 Å². The summed E-state index contributed by atoms with van der Waals surface area (Å²) in [5.74, 6) is -0.0456. The second-order valence-corrected chi connectivity index (χ2v) is 4.74. The van der Waals surface area contributed by atoms with E-state index in [9.17, 15) is 4.79 Å². The second-order valence-electron chi connectivity index (χ2n) is 3.96. The molecule has 0 aliphatic carbocycles. The average molecular weight is 308 g/mol. The smallest absolute Gasteiger partial charge is 0.363 e. The Morgan fingerprint density at radius 2 is 2.00 bits per heavy atom. The van der Waals surface area contributed by atoms with Crippen LogP contribution in [0.1, 0.15) is 11.3 Å². The van der Waals surface area contributed by atoms with Crippen molar-refractivity contribution in [2.24, 2.45) is 4.99 Å². The molecule has 1 aliphatic rings. The summed E-state index contributed by atoms with van der Waals surface area (Å²) >= 11 is 12.0. The maximum absolute atomic E-state index is 11.8. The van der Waals surface area contributed by atoms with E-state index < -0.39 is 5.97 Å². The van der Waals surface area contributed by atoms with E-state index in [0.717, 1.165) is 0 Å². The van der Waals surface area contributed by atoms with Crippen molar-refractivity contribution in [3.63, 3.8) is 0 Å². The van der Waals surface area contributed by atoms with E-state index >= 15 is 0 Å². The molecule has 20 heavy (non-hydrogen) atoms. The number of rotatable bonds is 2. The molecule has 100 valence electrons. The van der Waals surface area contributed by atoms with E-state index in [1.165, 1.54) is 12.3 Å². The van der Waals surface area contributed by atoms with Gasteiger partial charge in [0.2, 0.25) is 0 Å². The third-order valence-corrected chi connectivity index (χ3v) is 3.46. The zero-order valence-corrected chi connectivity index (χ0v) is 11.5. The molecule has 2 aromatic rings. The highest BCUT2D eigenvalue weighted by atomic mass is 35.5. The summed E-state index contributed by atoms with van der Waals surface area (Å²) in [6, 6.07) is 8.46. The molecule has 1 aliphatic heterocycles. The number of hydrogen-bond donors (Lipinski definition) is 0. The van der Waals surface area contributed by atoms with Gasteiger partial charge < -0.3 is 9.15 Å². The first kappa shape index (κ1) is 13.0. The van der Waals surface area contributed by atoms with Crippen molar-refractivity contribution in [2.45, 2.75) is 0 Å². The summed E-state index contributed by atoms with van der Waals surface area (Å²) < 4.78 is 10.2. The van der Waals surface area contributed by atoms with E-state index in [1.807, 2.05) is 0 Å². The summed E-state index contributed by atoms with van der Waals surface area (Å²) in [6.07, 6.45) is 2.99. The number of carbonyl (C=O) groups is 1. The predicted octanol–water partition coefficient (Wildman–Crippen LogP) is 3.93. The molecule has 3 rings (SSSR count). The molecule has 6 heteroatoms. The van der Waals surface area contributed by atoms with Gasteiger partial charge in [-0.15, -0.1) is 0 Å². The Bertz CT molecular complexity index is 733. The van der Waals surface area contributed by atoms with Gasteiger partial charge >= 0.3 is 5.97 Å². The van der Waals surface area contributed by atoms with Crippen LogP contribution in [0.5, 0.6) is 0 Å². The van der Waals surface area contributed by atoms with Crippen molar-refractivity contribution in [2.75, 3.05) is 0 Å². The van der Waals surface area contributed by atoms with Crippen molar-refractivity contribution >= 4 is 41.1 Å². The van der Waals surface area contributed by atoms with Gasteiger partial charge in [0.15, 0.2) is 11.5 Å². The fourth-order valence-corrected chi connectivity index (χ4v) is 2.06. The maximum atomic E-state index is 11.8. The number of halogens is 2. The minimum Gasteiger partial charge on any atom is -0.459 e.